The highest BCUT2D eigenvalue weighted by molar-refractivity contribution is 5.84. The summed E-state index contributed by atoms with van der Waals surface area (Å²) in [6.07, 6.45) is 3.27. The number of benzene rings is 2. The third-order valence-electron chi connectivity index (χ3n) is 7.77. The van der Waals surface area contributed by atoms with Gasteiger partial charge >= 0.3 is 0 Å². The van der Waals surface area contributed by atoms with Gasteiger partial charge in [-0.2, -0.15) is 5.26 Å². The van der Waals surface area contributed by atoms with E-state index in [2.05, 4.69) is 36.9 Å². The lowest BCUT2D eigenvalue weighted by Gasteiger charge is -2.35. The largest absolute Gasteiger partial charge is 0.383 e. The number of imidazole rings is 1. The normalized spacial score (nSPS) is 13.7. The number of anilines is 2. The minimum absolute atomic E-state index is 0.184. The Bertz CT molecular complexity index is 2010. The van der Waals surface area contributed by atoms with Crippen molar-refractivity contribution in [1.82, 2.24) is 34.4 Å². The van der Waals surface area contributed by atoms with E-state index in [1.807, 2.05) is 47.0 Å². The lowest BCUT2D eigenvalue weighted by Crippen LogP contribution is -2.46. The smallest absolute Gasteiger partial charge is 0.234 e. The molecule has 0 spiro atoms. The zero-order chi connectivity index (χ0) is 30.0. The third-order valence-corrected chi connectivity index (χ3v) is 7.77. The summed E-state index contributed by atoms with van der Waals surface area (Å²) >= 11 is 0. The van der Waals surface area contributed by atoms with Crippen LogP contribution in [0.4, 0.5) is 16.0 Å². The first kappa shape index (κ1) is 27.1. The average molecular weight is 583 g/mol. The average Bonchev–Trinajstić information content (AvgIpc) is 3.44. The second-order valence-electron chi connectivity index (χ2n) is 10.5. The Balaban J connectivity index is 1.18. The molecule has 216 valence electrons. The number of aromatic nitrogens is 6. The van der Waals surface area contributed by atoms with Gasteiger partial charge in [-0.15, -0.1) is 0 Å². The summed E-state index contributed by atoms with van der Waals surface area (Å²) in [6.45, 7) is 4.16. The van der Waals surface area contributed by atoms with Gasteiger partial charge in [0.25, 0.3) is 0 Å². The molecule has 0 aliphatic carbocycles. The van der Waals surface area contributed by atoms with Crippen molar-refractivity contribution in [3.05, 3.63) is 108 Å². The van der Waals surface area contributed by atoms with Crippen LogP contribution in [0, 0.1) is 17.1 Å². The Morgan fingerprint density at radius 3 is 2.36 bits per heavy atom. The second kappa shape index (κ2) is 11.5. The number of nitrogens with two attached hydrogens (primary N) is 1. The van der Waals surface area contributed by atoms with Gasteiger partial charge in [-0.25, -0.2) is 29.3 Å². The van der Waals surface area contributed by atoms with Crippen LogP contribution in [0.2, 0.25) is 0 Å². The molecule has 0 unspecified atom stereocenters. The zero-order valence-electron chi connectivity index (χ0n) is 23.7. The molecule has 1 aliphatic rings. The predicted molar refractivity (Wildman–Crippen MR) is 166 cm³/mol. The molecule has 7 rings (SSSR count). The minimum atomic E-state index is -0.337. The number of nitrogens with zero attached hydrogens (tertiary/aromatic N) is 9. The Kier molecular flexibility index (Phi) is 7.09. The van der Waals surface area contributed by atoms with Gasteiger partial charge in [0.05, 0.1) is 11.3 Å². The molecule has 0 bridgehead atoms. The van der Waals surface area contributed by atoms with Crippen LogP contribution in [0.1, 0.15) is 11.4 Å². The van der Waals surface area contributed by atoms with Crippen LogP contribution in [0.25, 0.3) is 39.5 Å². The Labute approximate surface area is 252 Å². The number of nitriles is 1. The zero-order valence-corrected chi connectivity index (χ0v) is 23.7. The van der Waals surface area contributed by atoms with Gasteiger partial charge in [-0.1, -0.05) is 24.3 Å². The van der Waals surface area contributed by atoms with E-state index >= 15 is 0 Å². The van der Waals surface area contributed by atoms with E-state index in [9.17, 15) is 4.39 Å². The predicted octanol–water partition coefficient (Wildman–Crippen LogP) is 4.85. The highest BCUT2D eigenvalue weighted by Gasteiger charge is 2.21. The van der Waals surface area contributed by atoms with Gasteiger partial charge in [-0.3, -0.25) is 9.47 Å². The van der Waals surface area contributed by atoms with E-state index in [0.29, 0.717) is 39.6 Å². The van der Waals surface area contributed by atoms with Crippen LogP contribution < -0.4 is 10.6 Å². The minimum Gasteiger partial charge on any atom is -0.383 e. The molecule has 6 aromatic rings. The molecule has 0 saturated carbocycles. The summed E-state index contributed by atoms with van der Waals surface area (Å²) in [7, 11) is 0. The van der Waals surface area contributed by atoms with E-state index in [0.717, 1.165) is 44.2 Å². The quantitative estimate of drug-likeness (QED) is 0.293. The molecule has 44 heavy (non-hydrogen) atoms. The van der Waals surface area contributed by atoms with Crippen molar-refractivity contribution in [2.45, 2.75) is 6.54 Å². The summed E-state index contributed by atoms with van der Waals surface area (Å²) < 4.78 is 16.6. The SMILES string of the molecule is N#Cc1nccc(N2CCN(Cc3ccc(-n4c(-c5cccnc5N)nc5ccc(-c6ccccc6F)nc54)cc3)CC2)n1. The molecule has 1 aliphatic heterocycles. The maximum absolute atomic E-state index is 14.7. The van der Waals surface area contributed by atoms with Gasteiger partial charge in [0.15, 0.2) is 11.5 Å². The van der Waals surface area contributed by atoms with Crippen molar-refractivity contribution in [3.63, 3.8) is 0 Å². The van der Waals surface area contributed by atoms with Crippen molar-refractivity contribution < 1.29 is 4.39 Å². The molecular formula is C33H27FN10. The molecule has 1 saturated heterocycles. The third kappa shape index (κ3) is 5.19. The highest BCUT2D eigenvalue weighted by Crippen LogP contribution is 2.32. The second-order valence-corrected chi connectivity index (χ2v) is 10.5. The first-order chi connectivity index (χ1) is 21.6. The molecule has 2 N–H and O–H groups in total. The Hall–Kier alpha value is -5.73. The lowest BCUT2D eigenvalue weighted by atomic mass is 10.1. The number of rotatable bonds is 6. The van der Waals surface area contributed by atoms with Crippen molar-refractivity contribution in [2.24, 2.45) is 0 Å². The van der Waals surface area contributed by atoms with E-state index in [-0.39, 0.29) is 11.6 Å². The number of hydrogen-bond acceptors (Lipinski definition) is 9. The summed E-state index contributed by atoms with van der Waals surface area (Å²) in [5.74, 6) is 1.60. The van der Waals surface area contributed by atoms with Gasteiger partial charge in [0.2, 0.25) is 5.82 Å². The maximum Gasteiger partial charge on any atom is 0.234 e. The van der Waals surface area contributed by atoms with Crippen LogP contribution in [0.5, 0.6) is 0 Å². The maximum atomic E-state index is 14.7. The molecular weight excluding hydrogens is 555 g/mol. The molecule has 0 radical (unpaired) electrons. The van der Waals surface area contributed by atoms with Gasteiger partial charge in [-0.05, 0) is 60.2 Å². The monoisotopic (exact) mass is 582 g/mol. The Morgan fingerprint density at radius 2 is 1.59 bits per heavy atom. The van der Waals surface area contributed by atoms with Crippen LogP contribution in [-0.4, -0.2) is 60.6 Å². The molecule has 5 heterocycles. The van der Waals surface area contributed by atoms with E-state index < -0.39 is 0 Å². The van der Waals surface area contributed by atoms with E-state index in [4.69, 9.17) is 21.0 Å². The van der Waals surface area contributed by atoms with Crippen LogP contribution in [-0.2, 0) is 6.54 Å². The van der Waals surface area contributed by atoms with Crippen molar-refractivity contribution in [3.8, 4) is 34.4 Å². The van der Waals surface area contributed by atoms with Crippen LogP contribution in [0.15, 0.2) is 91.3 Å². The summed E-state index contributed by atoms with van der Waals surface area (Å²) in [5.41, 5.74) is 11.2. The number of nitrogen functional groups attached to an aromatic ring is 1. The lowest BCUT2D eigenvalue weighted by molar-refractivity contribution is 0.249. The number of halogens is 1. The van der Waals surface area contributed by atoms with E-state index in [1.54, 1.807) is 36.7 Å². The van der Waals surface area contributed by atoms with Crippen LogP contribution >= 0.6 is 0 Å². The van der Waals surface area contributed by atoms with Gasteiger partial charge in [0, 0.05) is 56.4 Å². The fraction of sp³-hybridized carbons (Fsp3) is 0.152. The number of piperazine rings is 1. The van der Waals surface area contributed by atoms with Gasteiger partial charge < -0.3 is 10.6 Å². The Morgan fingerprint density at radius 1 is 0.795 bits per heavy atom. The van der Waals surface area contributed by atoms with Crippen LogP contribution in [0.3, 0.4) is 0 Å². The first-order valence-corrected chi connectivity index (χ1v) is 14.2. The van der Waals surface area contributed by atoms with Gasteiger partial charge in [0.1, 0.15) is 29.0 Å². The van der Waals surface area contributed by atoms with Crippen molar-refractivity contribution in [2.75, 3.05) is 36.8 Å². The fourth-order valence-corrected chi connectivity index (χ4v) is 5.53. The summed E-state index contributed by atoms with van der Waals surface area (Å²) in [5, 5.41) is 9.12. The standard InChI is InChI=1S/C33H27FN10/c34-26-6-2-1-4-24(26)27-11-12-28-33(39-27)44(32(40-28)25-5-3-14-38-31(25)36)23-9-7-22(8-10-23)21-42-16-18-43(19-17-42)30-13-15-37-29(20-35)41-30/h1-15H,16-19,21H2,(H2,36,38). The summed E-state index contributed by atoms with van der Waals surface area (Å²) in [6, 6.07) is 26.1. The highest BCUT2D eigenvalue weighted by atomic mass is 19.1. The molecule has 2 aromatic carbocycles. The molecule has 0 atom stereocenters. The number of hydrogen-bond donors (Lipinski definition) is 1. The molecule has 11 heteroatoms. The fourth-order valence-electron chi connectivity index (χ4n) is 5.53. The molecule has 4 aromatic heterocycles. The number of fused-ring (bicyclic) bond motifs is 1. The topological polar surface area (TPSA) is 126 Å². The first-order valence-electron chi connectivity index (χ1n) is 14.2. The van der Waals surface area contributed by atoms with Crippen molar-refractivity contribution >= 4 is 22.8 Å². The van der Waals surface area contributed by atoms with E-state index in [1.165, 1.54) is 11.6 Å². The number of pyridine rings is 2. The molecule has 1 fully saturated rings. The molecule has 10 nitrogen and oxygen atoms in total. The summed E-state index contributed by atoms with van der Waals surface area (Å²) in [4.78, 5) is 26.9. The van der Waals surface area contributed by atoms with Crippen molar-refractivity contribution in [1.29, 1.82) is 5.26 Å². The molecule has 0 amide bonds.